The summed E-state index contributed by atoms with van der Waals surface area (Å²) < 4.78 is 0. The second-order valence-corrected chi connectivity index (χ2v) is 8.52. The third kappa shape index (κ3) is 19.1. The zero-order valence-corrected chi connectivity index (χ0v) is 19.9. The number of unbranched alkanes of at least 4 members (excludes halogenated alkanes) is 15. The monoisotopic (exact) mass is 412 g/mol. The molecule has 174 valence electrons. The molecule has 0 aliphatic carbocycles. The molecule has 0 aromatic heterocycles. The number of carbonyl (C=O) groups is 1. The molecule has 0 radical (unpaired) electrons. The lowest BCUT2D eigenvalue weighted by Gasteiger charge is -2.23. The summed E-state index contributed by atoms with van der Waals surface area (Å²) in [5, 5.41) is 13.1. The van der Waals surface area contributed by atoms with Crippen molar-refractivity contribution in [1.29, 1.82) is 0 Å². The standard InChI is InChI=1S/C25H51NO3/c1-4-7-8-9-10-11-12-13-14-15-16-17-18-19-20-21-22-24(25(27)28)23-29-26(5-2)6-3/h24H,4-23H2,1-3H3,(H,27,28)/p-1. The van der Waals surface area contributed by atoms with Crippen molar-refractivity contribution in [3.05, 3.63) is 0 Å². The smallest absolute Gasteiger partial charge is 0.0765 e. The van der Waals surface area contributed by atoms with Gasteiger partial charge in [0.15, 0.2) is 0 Å². The van der Waals surface area contributed by atoms with Crippen molar-refractivity contribution in [1.82, 2.24) is 5.06 Å². The largest absolute Gasteiger partial charge is 0.550 e. The van der Waals surface area contributed by atoms with Crippen LogP contribution in [0.2, 0.25) is 0 Å². The minimum absolute atomic E-state index is 0.239. The van der Waals surface area contributed by atoms with Crippen molar-refractivity contribution < 1.29 is 14.7 Å². The average Bonchev–Trinajstić information content (AvgIpc) is 2.72. The zero-order valence-electron chi connectivity index (χ0n) is 19.9. The number of carbonyl (C=O) groups excluding carboxylic acids is 1. The van der Waals surface area contributed by atoms with Crippen LogP contribution in [0.15, 0.2) is 0 Å². The molecule has 0 saturated heterocycles. The number of hydrogen-bond donors (Lipinski definition) is 0. The lowest BCUT2D eigenvalue weighted by molar-refractivity contribution is -0.315. The van der Waals surface area contributed by atoms with E-state index in [1.54, 1.807) is 5.06 Å². The van der Waals surface area contributed by atoms with E-state index in [1.807, 2.05) is 13.8 Å². The summed E-state index contributed by atoms with van der Waals surface area (Å²) in [5.74, 6) is -1.46. The average molecular weight is 413 g/mol. The Balaban J connectivity index is 3.41. The third-order valence-corrected chi connectivity index (χ3v) is 5.90. The Morgan fingerprint density at radius 2 is 1.07 bits per heavy atom. The molecule has 0 aliphatic heterocycles. The van der Waals surface area contributed by atoms with Crippen molar-refractivity contribution in [2.24, 2.45) is 5.92 Å². The third-order valence-electron chi connectivity index (χ3n) is 5.90. The second-order valence-electron chi connectivity index (χ2n) is 8.52. The molecule has 4 heteroatoms. The van der Waals surface area contributed by atoms with Crippen molar-refractivity contribution in [3.63, 3.8) is 0 Å². The highest BCUT2D eigenvalue weighted by molar-refractivity contribution is 5.67. The topological polar surface area (TPSA) is 52.6 Å². The number of carboxylic acid groups (broad SMARTS) is 1. The molecule has 0 saturated carbocycles. The Labute approximate surface area is 181 Å². The maximum atomic E-state index is 11.3. The quantitative estimate of drug-likeness (QED) is 0.146. The van der Waals surface area contributed by atoms with E-state index < -0.39 is 11.9 Å². The molecular formula is C25H50NO3-. The summed E-state index contributed by atoms with van der Waals surface area (Å²) in [6, 6.07) is 0. The van der Waals surface area contributed by atoms with Crippen LogP contribution in [0.4, 0.5) is 0 Å². The normalized spacial score (nSPS) is 12.6. The van der Waals surface area contributed by atoms with Crippen LogP contribution < -0.4 is 5.11 Å². The van der Waals surface area contributed by atoms with Crippen LogP contribution in [0.3, 0.4) is 0 Å². The van der Waals surface area contributed by atoms with E-state index in [0.717, 1.165) is 25.9 Å². The number of aliphatic carboxylic acids is 1. The molecule has 0 spiro atoms. The molecule has 29 heavy (non-hydrogen) atoms. The fraction of sp³-hybridized carbons (Fsp3) is 0.960. The van der Waals surface area contributed by atoms with Gasteiger partial charge in [-0.1, -0.05) is 124 Å². The highest BCUT2D eigenvalue weighted by atomic mass is 16.7. The maximum absolute atomic E-state index is 11.3. The van der Waals surface area contributed by atoms with Gasteiger partial charge in [0.2, 0.25) is 0 Å². The molecule has 0 bridgehead atoms. The van der Waals surface area contributed by atoms with Crippen LogP contribution in [0.5, 0.6) is 0 Å². The van der Waals surface area contributed by atoms with Gasteiger partial charge >= 0.3 is 0 Å². The lowest BCUT2D eigenvalue weighted by atomic mass is 10.0. The van der Waals surface area contributed by atoms with Gasteiger partial charge in [-0.2, -0.15) is 5.06 Å². The van der Waals surface area contributed by atoms with Crippen LogP contribution in [0.1, 0.15) is 130 Å². The minimum Gasteiger partial charge on any atom is -0.550 e. The Bertz CT molecular complexity index is 345. The van der Waals surface area contributed by atoms with Gasteiger partial charge < -0.3 is 9.90 Å². The van der Waals surface area contributed by atoms with Crippen molar-refractivity contribution in [2.75, 3.05) is 19.7 Å². The molecule has 1 unspecified atom stereocenters. The van der Waals surface area contributed by atoms with Gasteiger partial charge in [-0.05, 0) is 6.42 Å². The van der Waals surface area contributed by atoms with E-state index in [0.29, 0.717) is 6.42 Å². The fourth-order valence-electron chi connectivity index (χ4n) is 3.81. The van der Waals surface area contributed by atoms with Crippen LogP contribution in [-0.2, 0) is 9.63 Å². The molecule has 0 N–H and O–H groups in total. The number of hydrogen-bond acceptors (Lipinski definition) is 4. The van der Waals surface area contributed by atoms with Crippen molar-refractivity contribution >= 4 is 5.97 Å². The number of hydroxylamine groups is 2. The Kier molecular flexibility index (Phi) is 21.6. The summed E-state index contributed by atoms with van der Waals surface area (Å²) in [5.41, 5.74) is 0. The predicted octanol–water partition coefficient (Wildman–Crippen LogP) is 6.28. The summed E-state index contributed by atoms with van der Waals surface area (Å²) >= 11 is 0. The zero-order chi connectivity index (χ0) is 21.6. The van der Waals surface area contributed by atoms with Crippen LogP contribution in [-0.4, -0.2) is 30.7 Å². The molecule has 0 amide bonds. The predicted molar refractivity (Wildman–Crippen MR) is 122 cm³/mol. The first-order chi connectivity index (χ1) is 14.2. The van der Waals surface area contributed by atoms with Gasteiger partial charge in [-0.15, -0.1) is 0 Å². The van der Waals surface area contributed by atoms with Crippen molar-refractivity contribution in [3.8, 4) is 0 Å². The Morgan fingerprint density at radius 1 is 0.690 bits per heavy atom. The van der Waals surface area contributed by atoms with Gasteiger partial charge in [0.05, 0.1) is 6.61 Å². The molecule has 1 atom stereocenters. The molecule has 0 aliphatic rings. The second kappa shape index (κ2) is 22.1. The first kappa shape index (κ1) is 28.4. The summed E-state index contributed by atoms with van der Waals surface area (Å²) in [7, 11) is 0. The molecule has 0 aromatic rings. The number of rotatable bonds is 23. The lowest BCUT2D eigenvalue weighted by Crippen LogP contribution is -2.36. The van der Waals surface area contributed by atoms with Crippen LogP contribution in [0.25, 0.3) is 0 Å². The van der Waals surface area contributed by atoms with Gasteiger partial charge in [-0.25, -0.2) is 0 Å². The van der Waals surface area contributed by atoms with Crippen LogP contribution in [0, 0.1) is 5.92 Å². The van der Waals surface area contributed by atoms with E-state index in [1.165, 1.54) is 89.9 Å². The van der Waals surface area contributed by atoms with E-state index in [4.69, 9.17) is 4.84 Å². The summed E-state index contributed by atoms with van der Waals surface area (Å²) in [6.07, 6.45) is 22.0. The highest BCUT2D eigenvalue weighted by Gasteiger charge is 2.12. The first-order valence-corrected chi connectivity index (χ1v) is 12.7. The molecule has 0 rings (SSSR count). The first-order valence-electron chi connectivity index (χ1n) is 12.7. The number of carboxylic acids is 1. The van der Waals surface area contributed by atoms with E-state index in [2.05, 4.69) is 6.92 Å². The highest BCUT2D eigenvalue weighted by Crippen LogP contribution is 2.15. The van der Waals surface area contributed by atoms with Gasteiger partial charge in [0.25, 0.3) is 0 Å². The molecule has 0 heterocycles. The van der Waals surface area contributed by atoms with E-state index in [9.17, 15) is 9.90 Å². The summed E-state index contributed by atoms with van der Waals surface area (Å²) in [4.78, 5) is 16.8. The molecular weight excluding hydrogens is 362 g/mol. The molecule has 0 fully saturated rings. The SMILES string of the molecule is CCCCCCCCCCCCCCCCCCC(CON(CC)CC)C(=O)[O-]. The maximum Gasteiger partial charge on any atom is 0.0765 e. The minimum atomic E-state index is -0.974. The van der Waals surface area contributed by atoms with Gasteiger partial charge in [0.1, 0.15) is 0 Å². The Hall–Kier alpha value is -0.610. The summed E-state index contributed by atoms with van der Waals surface area (Å²) in [6.45, 7) is 8.07. The van der Waals surface area contributed by atoms with Gasteiger partial charge in [0, 0.05) is 25.0 Å². The van der Waals surface area contributed by atoms with Crippen LogP contribution >= 0.6 is 0 Å². The molecule has 0 aromatic carbocycles. The fourth-order valence-corrected chi connectivity index (χ4v) is 3.81. The van der Waals surface area contributed by atoms with E-state index in [-0.39, 0.29) is 6.61 Å². The van der Waals surface area contributed by atoms with E-state index >= 15 is 0 Å². The van der Waals surface area contributed by atoms with Crippen molar-refractivity contribution in [2.45, 2.75) is 130 Å². The Morgan fingerprint density at radius 3 is 1.41 bits per heavy atom. The molecule has 4 nitrogen and oxygen atoms in total. The number of nitrogens with zero attached hydrogens (tertiary/aromatic N) is 1. The van der Waals surface area contributed by atoms with Gasteiger partial charge in [-0.3, -0.25) is 4.84 Å².